The number of furan rings is 1. The van der Waals surface area contributed by atoms with Crippen molar-refractivity contribution in [3.8, 4) is 0 Å². The summed E-state index contributed by atoms with van der Waals surface area (Å²) in [5, 5.41) is 2.36. The first kappa shape index (κ1) is 16.4. The fourth-order valence-electron chi connectivity index (χ4n) is 1.39. The Kier molecular flexibility index (Phi) is 4.69. The van der Waals surface area contributed by atoms with E-state index in [0.717, 1.165) is 12.1 Å². The molecule has 0 aromatic carbocycles. The third kappa shape index (κ3) is 4.76. The number of carbonyl (C=O) groups is 1. The van der Waals surface area contributed by atoms with Crippen molar-refractivity contribution in [2.75, 3.05) is 6.54 Å². The van der Waals surface area contributed by atoms with E-state index in [9.17, 15) is 18.0 Å². The second kappa shape index (κ2) is 5.74. The molecule has 0 aliphatic carbocycles. The SMILES string of the molecule is CC(C)(C)OC(=O)NC(CN)c1ccc(C(F)(F)F)o1. The van der Waals surface area contributed by atoms with Crippen LogP contribution < -0.4 is 11.1 Å². The van der Waals surface area contributed by atoms with Crippen molar-refractivity contribution in [3.63, 3.8) is 0 Å². The number of alkyl halides is 3. The van der Waals surface area contributed by atoms with Gasteiger partial charge < -0.3 is 20.2 Å². The Morgan fingerprint density at radius 2 is 2.00 bits per heavy atom. The van der Waals surface area contributed by atoms with Gasteiger partial charge in [0.05, 0.1) is 0 Å². The van der Waals surface area contributed by atoms with Crippen LogP contribution >= 0.6 is 0 Å². The summed E-state index contributed by atoms with van der Waals surface area (Å²) < 4.78 is 46.9. The molecule has 1 atom stereocenters. The lowest BCUT2D eigenvalue weighted by Gasteiger charge is -2.22. The Morgan fingerprint density at radius 3 is 2.40 bits per heavy atom. The maximum atomic E-state index is 12.4. The fourth-order valence-corrected chi connectivity index (χ4v) is 1.39. The number of hydrogen-bond acceptors (Lipinski definition) is 4. The van der Waals surface area contributed by atoms with E-state index in [-0.39, 0.29) is 12.3 Å². The van der Waals surface area contributed by atoms with Gasteiger partial charge in [-0.2, -0.15) is 13.2 Å². The number of alkyl carbamates (subject to hydrolysis) is 1. The Labute approximate surface area is 114 Å². The standard InChI is InChI=1S/C12H17F3N2O3/c1-11(2,3)20-10(18)17-7(6-16)8-4-5-9(19-8)12(13,14)15/h4-5,7H,6,16H2,1-3H3,(H,17,18). The highest BCUT2D eigenvalue weighted by Crippen LogP contribution is 2.32. The molecular weight excluding hydrogens is 277 g/mol. The number of halogens is 3. The molecule has 1 aromatic rings. The van der Waals surface area contributed by atoms with Gasteiger partial charge in [-0.05, 0) is 32.9 Å². The van der Waals surface area contributed by atoms with E-state index in [2.05, 4.69) is 9.73 Å². The van der Waals surface area contributed by atoms with Crippen LogP contribution in [-0.2, 0) is 10.9 Å². The number of amides is 1. The predicted octanol–water partition coefficient (Wildman–Crippen LogP) is 2.82. The molecule has 0 bridgehead atoms. The quantitative estimate of drug-likeness (QED) is 0.898. The van der Waals surface area contributed by atoms with Gasteiger partial charge in [-0.3, -0.25) is 0 Å². The second-order valence-electron chi connectivity index (χ2n) is 5.13. The monoisotopic (exact) mass is 294 g/mol. The molecule has 0 radical (unpaired) electrons. The van der Waals surface area contributed by atoms with Gasteiger partial charge in [-0.25, -0.2) is 4.79 Å². The van der Waals surface area contributed by atoms with Gasteiger partial charge in [0.15, 0.2) is 0 Å². The first-order valence-corrected chi connectivity index (χ1v) is 5.89. The smallest absolute Gasteiger partial charge is 0.449 e. The van der Waals surface area contributed by atoms with E-state index < -0.39 is 29.7 Å². The first-order valence-electron chi connectivity index (χ1n) is 5.89. The lowest BCUT2D eigenvalue weighted by molar-refractivity contribution is -0.153. The van der Waals surface area contributed by atoms with Crippen LogP contribution in [0.15, 0.2) is 16.5 Å². The van der Waals surface area contributed by atoms with Gasteiger partial charge in [-0.1, -0.05) is 0 Å². The average molecular weight is 294 g/mol. The summed E-state index contributed by atoms with van der Waals surface area (Å²) >= 11 is 0. The van der Waals surface area contributed by atoms with Crippen LogP contribution in [0, 0.1) is 0 Å². The van der Waals surface area contributed by atoms with Gasteiger partial charge in [0.2, 0.25) is 5.76 Å². The van der Waals surface area contributed by atoms with Crippen molar-refractivity contribution < 1.29 is 27.1 Å². The van der Waals surface area contributed by atoms with E-state index in [4.69, 9.17) is 10.5 Å². The third-order valence-corrected chi connectivity index (χ3v) is 2.18. The number of hydrogen-bond donors (Lipinski definition) is 2. The minimum Gasteiger partial charge on any atom is -0.454 e. The molecule has 1 amide bonds. The van der Waals surface area contributed by atoms with E-state index >= 15 is 0 Å². The Hall–Kier alpha value is -1.70. The lowest BCUT2D eigenvalue weighted by atomic mass is 10.2. The predicted molar refractivity (Wildman–Crippen MR) is 64.9 cm³/mol. The van der Waals surface area contributed by atoms with E-state index in [1.165, 1.54) is 0 Å². The highest BCUT2D eigenvalue weighted by Gasteiger charge is 2.35. The maximum absolute atomic E-state index is 12.4. The molecule has 20 heavy (non-hydrogen) atoms. The minimum atomic E-state index is -4.58. The molecule has 8 heteroatoms. The highest BCUT2D eigenvalue weighted by atomic mass is 19.4. The van der Waals surface area contributed by atoms with Gasteiger partial charge in [0.1, 0.15) is 17.4 Å². The number of carbonyl (C=O) groups excluding carboxylic acids is 1. The first-order chi connectivity index (χ1) is 9.03. The minimum absolute atomic E-state index is 0.0781. The summed E-state index contributed by atoms with van der Waals surface area (Å²) in [6, 6.07) is 1.02. The number of ether oxygens (including phenoxy) is 1. The van der Waals surface area contributed by atoms with Crippen molar-refractivity contribution >= 4 is 6.09 Å². The van der Waals surface area contributed by atoms with Crippen LogP contribution in [0.2, 0.25) is 0 Å². The summed E-state index contributed by atoms with van der Waals surface area (Å²) in [7, 11) is 0. The Morgan fingerprint density at radius 1 is 1.40 bits per heavy atom. The molecule has 0 saturated heterocycles. The van der Waals surface area contributed by atoms with Crippen molar-refractivity contribution in [2.45, 2.75) is 38.6 Å². The maximum Gasteiger partial charge on any atom is 0.449 e. The Balaban J connectivity index is 2.77. The van der Waals surface area contributed by atoms with E-state index in [1.807, 2.05) is 0 Å². The van der Waals surface area contributed by atoms with Crippen LogP contribution in [0.25, 0.3) is 0 Å². The fraction of sp³-hybridized carbons (Fsp3) is 0.583. The Bertz CT molecular complexity index is 463. The summed E-state index contributed by atoms with van der Waals surface area (Å²) in [5.74, 6) is -1.22. The average Bonchev–Trinajstić information content (AvgIpc) is 2.71. The molecule has 1 rings (SSSR count). The van der Waals surface area contributed by atoms with Crippen LogP contribution in [0.4, 0.5) is 18.0 Å². The lowest BCUT2D eigenvalue weighted by Crippen LogP contribution is -2.37. The number of nitrogens with two attached hydrogens (primary N) is 1. The van der Waals surface area contributed by atoms with Crippen LogP contribution in [0.1, 0.15) is 38.3 Å². The second-order valence-corrected chi connectivity index (χ2v) is 5.13. The normalized spacial score (nSPS) is 13.9. The van der Waals surface area contributed by atoms with Crippen LogP contribution in [0.3, 0.4) is 0 Å². The molecule has 1 aromatic heterocycles. The summed E-state index contributed by atoms with van der Waals surface area (Å²) in [6.07, 6.45) is -5.36. The van der Waals surface area contributed by atoms with Crippen LogP contribution in [0.5, 0.6) is 0 Å². The molecule has 1 unspecified atom stereocenters. The van der Waals surface area contributed by atoms with Gasteiger partial charge in [-0.15, -0.1) is 0 Å². The molecule has 5 nitrogen and oxygen atoms in total. The van der Waals surface area contributed by atoms with Crippen molar-refractivity contribution in [3.05, 3.63) is 23.7 Å². The van der Waals surface area contributed by atoms with Gasteiger partial charge in [0.25, 0.3) is 0 Å². The molecule has 114 valence electrons. The molecule has 0 fully saturated rings. The summed E-state index contributed by atoms with van der Waals surface area (Å²) in [4.78, 5) is 11.6. The highest BCUT2D eigenvalue weighted by molar-refractivity contribution is 5.68. The third-order valence-electron chi connectivity index (χ3n) is 2.18. The van der Waals surface area contributed by atoms with Crippen molar-refractivity contribution in [1.82, 2.24) is 5.32 Å². The van der Waals surface area contributed by atoms with Gasteiger partial charge >= 0.3 is 12.3 Å². The number of nitrogens with one attached hydrogen (secondary N) is 1. The zero-order chi connectivity index (χ0) is 15.6. The summed E-state index contributed by atoms with van der Waals surface area (Å²) in [5.41, 5.74) is 4.70. The van der Waals surface area contributed by atoms with Crippen molar-refractivity contribution in [1.29, 1.82) is 0 Å². The molecule has 3 N–H and O–H groups in total. The number of rotatable bonds is 3. The topological polar surface area (TPSA) is 77.5 Å². The molecule has 0 saturated carbocycles. The largest absolute Gasteiger partial charge is 0.454 e. The van der Waals surface area contributed by atoms with Crippen LogP contribution in [-0.4, -0.2) is 18.2 Å². The van der Waals surface area contributed by atoms with Crippen molar-refractivity contribution in [2.24, 2.45) is 5.73 Å². The zero-order valence-electron chi connectivity index (χ0n) is 11.4. The zero-order valence-corrected chi connectivity index (χ0v) is 11.4. The van der Waals surface area contributed by atoms with Gasteiger partial charge in [0, 0.05) is 6.54 Å². The molecular formula is C12H17F3N2O3. The molecule has 0 aliphatic heterocycles. The summed E-state index contributed by atoms with van der Waals surface area (Å²) in [6.45, 7) is 4.88. The van der Waals surface area contributed by atoms with E-state index in [0.29, 0.717) is 0 Å². The molecule has 0 spiro atoms. The molecule has 1 heterocycles. The molecule has 0 aliphatic rings. The van der Waals surface area contributed by atoms with E-state index in [1.54, 1.807) is 20.8 Å².